The molecule has 0 radical (unpaired) electrons. The van der Waals surface area contributed by atoms with E-state index >= 15 is 0 Å². The van der Waals surface area contributed by atoms with Gasteiger partial charge in [0, 0.05) is 11.6 Å². The molecule has 0 amide bonds. The molecule has 1 aliphatic rings. The Morgan fingerprint density at radius 3 is 2.60 bits per heavy atom. The molecule has 112 valence electrons. The Bertz CT molecular complexity index is 408. The third-order valence-electron chi connectivity index (χ3n) is 4.43. The molecule has 0 bridgehead atoms. The summed E-state index contributed by atoms with van der Waals surface area (Å²) in [4.78, 5) is 0. The van der Waals surface area contributed by atoms with Crippen molar-refractivity contribution in [1.29, 1.82) is 0 Å². The number of nitrogens with one attached hydrogen (secondary N) is 1. The summed E-state index contributed by atoms with van der Waals surface area (Å²) < 4.78 is 0. The number of rotatable bonds is 6. The molecule has 0 saturated heterocycles. The molecule has 0 atom stereocenters. The van der Waals surface area contributed by atoms with E-state index in [1.807, 2.05) is 6.07 Å². The predicted octanol–water partition coefficient (Wildman–Crippen LogP) is 5.08. The molecule has 0 spiro atoms. The third-order valence-corrected chi connectivity index (χ3v) is 4.67. The van der Waals surface area contributed by atoms with Crippen molar-refractivity contribution in [3.05, 3.63) is 34.9 Å². The molecule has 1 aromatic rings. The van der Waals surface area contributed by atoms with E-state index in [1.165, 1.54) is 44.1 Å². The van der Waals surface area contributed by atoms with Gasteiger partial charge in [-0.05, 0) is 54.8 Å². The van der Waals surface area contributed by atoms with E-state index in [1.54, 1.807) is 0 Å². The Balaban J connectivity index is 2.02. The van der Waals surface area contributed by atoms with Crippen LogP contribution in [0.1, 0.15) is 51.5 Å². The summed E-state index contributed by atoms with van der Waals surface area (Å²) in [6, 6.07) is 8.41. The van der Waals surface area contributed by atoms with E-state index in [2.05, 4.69) is 37.4 Å². The maximum absolute atomic E-state index is 6.14. The number of halogens is 1. The van der Waals surface area contributed by atoms with Gasteiger partial charge in [0.25, 0.3) is 0 Å². The van der Waals surface area contributed by atoms with E-state index in [-0.39, 0.29) is 0 Å². The van der Waals surface area contributed by atoms with E-state index in [0.717, 1.165) is 24.0 Å². The largest absolute Gasteiger partial charge is 0.316 e. The van der Waals surface area contributed by atoms with Gasteiger partial charge in [-0.15, -0.1) is 0 Å². The second kappa shape index (κ2) is 7.47. The molecule has 0 heterocycles. The highest BCUT2D eigenvalue weighted by atomic mass is 35.5. The van der Waals surface area contributed by atoms with Crippen LogP contribution in [0.2, 0.25) is 5.02 Å². The van der Waals surface area contributed by atoms with Crippen molar-refractivity contribution >= 4 is 11.6 Å². The maximum Gasteiger partial charge on any atom is 0.0408 e. The highest BCUT2D eigenvalue weighted by Crippen LogP contribution is 2.39. The van der Waals surface area contributed by atoms with Crippen LogP contribution >= 0.6 is 11.6 Å². The normalized spacial score (nSPS) is 18.4. The zero-order chi connectivity index (χ0) is 14.4. The molecule has 0 aromatic heterocycles. The lowest BCUT2D eigenvalue weighted by atomic mass is 9.70. The Hall–Kier alpha value is -0.530. The minimum absolute atomic E-state index is 0.442. The minimum atomic E-state index is 0.442. The molecule has 0 aliphatic heterocycles. The van der Waals surface area contributed by atoms with Crippen LogP contribution < -0.4 is 5.32 Å². The van der Waals surface area contributed by atoms with E-state index in [4.69, 9.17) is 11.6 Å². The van der Waals surface area contributed by atoms with Gasteiger partial charge in [0.1, 0.15) is 0 Å². The summed E-state index contributed by atoms with van der Waals surface area (Å²) in [7, 11) is 0. The van der Waals surface area contributed by atoms with Crippen molar-refractivity contribution in [2.45, 2.75) is 52.4 Å². The number of benzene rings is 1. The van der Waals surface area contributed by atoms with Crippen molar-refractivity contribution < 1.29 is 0 Å². The first-order valence-corrected chi connectivity index (χ1v) is 8.43. The molecular weight excluding hydrogens is 266 g/mol. The van der Waals surface area contributed by atoms with Crippen LogP contribution in [-0.2, 0) is 6.42 Å². The van der Waals surface area contributed by atoms with Crippen LogP contribution in [0.15, 0.2) is 24.3 Å². The monoisotopic (exact) mass is 293 g/mol. The van der Waals surface area contributed by atoms with Crippen molar-refractivity contribution in [3.8, 4) is 0 Å². The molecule has 1 aliphatic carbocycles. The Labute approximate surface area is 129 Å². The molecule has 1 N–H and O–H groups in total. The standard InChI is InChI=1S/C18H28ClN/c1-15(2)13-20-14-18(9-4-3-5-10-18)12-16-7-6-8-17(19)11-16/h6-8,11,15,20H,3-5,9-10,12-14H2,1-2H3. The van der Waals surface area contributed by atoms with Gasteiger partial charge in [0.15, 0.2) is 0 Å². The molecule has 1 aromatic carbocycles. The second-order valence-corrected chi connectivity index (χ2v) is 7.33. The first-order chi connectivity index (χ1) is 9.60. The summed E-state index contributed by atoms with van der Waals surface area (Å²) in [5.74, 6) is 0.724. The molecule has 2 rings (SSSR count). The van der Waals surface area contributed by atoms with Gasteiger partial charge in [-0.3, -0.25) is 0 Å². The SMILES string of the molecule is CC(C)CNCC1(Cc2cccc(Cl)c2)CCCCC1. The fraction of sp³-hybridized carbons (Fsp3) is 0.667. The molecule has 1 fully saturated rings. The zero-order valence-electron chi connectivity index (χ0n) is 12.9. The van der Waals surface area contributed by atoms with Crippen molar-refractivity contribution in [2.24, 2.45) is 11.3 Å². The van der Waals surface area contributed by atoms with Gasteiger partial charge in [-0.2, -0.15) is 0 Å². The molecule has 1 nitrogen and oxygen atoms in total. The van der Waals surface area contributed by atoms with Crippen LogP contribution in [-0.4, -0.2) is 13.1 Å². The second-order valence-electron chi connectivity index (χ2n) is 6.89. The Kier molecular flexibility index (Phi) is 5.92. The summed E-state index contributed by atoms with van der Waals surface area (Å²) in [6.07, 6.45) is 8.03. The number of hydrogen-bond donors (Lipinski definition) is 1. The van der Waals surface area contributed by atoms with Crippen molar-refractivity contribution in [3.63, 3.8) is 0 Å². The minimum Gasteiger partial charge on any atom is -0.316 e. The summed E-state index contributed by atoms with van der Waals surface area (Å²) in [5.41, 5.74) is 1.84. The summed E-state index contributed by atoms with van der Waals surface area (Å²) in [6.45, 7) is 6.82. The fourth-order valence-electron chi connectivity index (χ4n) is 3.42. The first kappa shape index (κ1) is 15.9. The summed E-state index contributed by atoms with van der Waals surface area (Å²) in [5, 5.41) is 4.56. The zero-order valence-corrected chi connectivity index (χ0v) is 13.7. The molecule has 1 saturated carbocycles. The van der Waals surface area contributed by atoms with Crippen molar-refractivity contribution in [2.75, 3.05) is 13.1 Å². The molecule has 0 unspecified atom stereocenters. The fourth-order valence-corrected chi connectivity index (χ4v) is 3.64. The lowest BCUT2D eigenvalue weighted by molar-refractivity contribution is 0.179. The molecule has 20 heavy (non-hydrogen) atoms. The Morgan fingerprint density at radius 2 is 1.95 bits per heavy atom. The topological polar surface area (TPSA) is 12.0 Å². The maximum atomic E-state index is 6.14. The lowest BCUT2D eigenvalue weighted by Crippen LogP contribution is -2.39. The number of hydrogen-bond acceptors (Lipinski definition) is 1. The van der Waals surface area contributed by atoms with Gasteiger partial charge in [-0.1, -0.05) is 56.8 Å². The van der Waals surface area contributed by atoms with Gasteiger partial charge in [0.05, 0.1) is 0 Å². The van der Waals surface area contributed by atoms with Crippen LogP contribution in [0.4, 0.5) is 0 Å². The van der Waals surface area contributed by atoms with Gasteiger partial charge in [0.2, 0.25) is 0 Å². The highest BCUT2D eigenvalue weighted by Gasteiger charge is 2.31. The Morgan fingerprint density at radius 1 is 1.20 bits per heavy atom. The van der Waals surface area contributed by atoms with Crippen LogP contribution in [0.25, 0.3) is 0 Å². The molecule has 2 heteroatoms. The average Bonchev–Trinajstić information content (AvgIpc) is 2.39. The van der Waals surface area contributed by atoms with Gasteiger partial charge >= 0.3 is 0 Å². The first-order valence-electron chi connectivity index (χ1n) is 8.05. The lowest BCUT2D eigenvalue weighted by Gasteiger charge is -2.38. The van der Waals surface area contributed by atoms with E-state index in [0.29, 0.717) is 5.41 Å². The predicted molar refractivity (Wildman–Crippen MR) is 88.4 cm³/mol. The van der Waals surface area contributed by atoms with Crippen LogP contribution in [0.3, 0.4) is 0 Å². The smallest absolute Gasteiger partial charge is 0.0408 e. The van der Waals surface area contributed by atoms with Gasteiger partial charge in [-0.25, -0.2) is 0 Å². The quantitative estimate of drug-likeness (QED) is 0.771. The third kappa shape index (κ3) is 4.79. The molecular formula is C18H28ClN. The average molecular weight is 294 g/mol. The van der Waals surface area contributed by atoms with Crippen LogP contribution in [0, 0.1) is 11.3 Å². The van der Waals surface area contributed by atoms with Gasteiger partial charge < -0.3 is 5.32 Å². The highest BCUT2D eigenvalue weighted by molar-refractivity contribution is 6.30. The van der Waals surface area contributed by atoms with Crippen molar-refractivity contribution in [1.82, 2.24) is 5.32 Å². The van der Waals surface area contributed by atoms with E-state index < -0.39 is 0 Å². The summed E-state index contributed by atoms with van der Waals surface area (Å²) >= 11 is 6.14. The van der Waals surface area contributed by atoms with E-state index in [9.17, 15) is 0 Å². The van der Waals surface area contributed by atoms with Crippen LogP contribution in [0.5, 0.6) is 0 Å².